The van der Waals surface area contributed by atoms with Gasteiger partial charge in [-0.3, -0.25) is 4.79 Å². The summed E-state index contributed by atoms with van der Waals surface area (Å²) < 4.78 is 6.97. The first kappa shape index (κ1) is 20.6. The van der Waals surface area contributed by atoms with Gasteiger partial charge in [-0.15, -0.1) is 0 Å². The maximum Gasteiger partial charge on any atom is 0.374 e. The summed E-state index contributed by atoms with van der Waals surface area (Å²) in [4.78, 5) is 24.3. The van der Waals surface area contributed by atoms with Crippen LogP contribution >= 0.6 is 0 Å². The van der Waals surface area contributed by atoms with Crippen LogP contribution in [0.1, 0.15) is 54.7 Å². The van der Waals surface area contributed by atoms with Crippen molar-refractivity contribution in [3.63, 3.8) is 0 Å². The molecule has 150 valence electrons. The van der Waals surface area contributed by atoms with Crippen LogP contribution in [0.4, 0.5) is 0 Å². The standard InChI is InChI=1S/C25H27NO3/c1-4-21-15-16-23(26(21)18(2)19-11-7-5-8-12-19)22(17-24(27)25(28)29-3)20-13-9-6-10-14-20/h5-16,18,22H,4,17H2,1-3H3/t18-,22+/m1/s1. The second kappa shape index (κ2) is 9.37. The minimum absolute atomic E-state index is 0.0748. The van der Waals surface area contributed by atoms with Crippen LogP contribution in [0.5, 0.6) is 0 Å². The van der Waals surface area contributed by atoms with Crippen molar-refractivity contribution in [2.75, 3.05) is 7.11 Å². The first-order valence-corrected chi connectivity index (χ1v) is 9.97. The molecule has 2 aromatic carbocycles. The maximum absolute atomic E-state index is 12.5. The molecule has 0 unspecified atom stereocenters. The molecule has 0 aliphatic rings. The number of hydrogen-bond acceptors (Lipinski definition) is 3. The third-order valence-electron chi connectivity index (χ3n) is 5.43. The van der Waals surface area contributed by atoms with Crippen LogP contribution in [0.3, 0.4) is 0 Å². The number of methoxy groups -OCH3 is 1. The third-order valence-corrected chi connectivity index (χ3v) is 5.43. The van der Waals surface area contributed by atoms with Crippen LogP contribution < -0.4 is 0 Å². The van der Waals surface area contributed by atoms with Crippen molar-refractivity contribution >= 4 is 11.8 Å². The highest BCUT2D eigenvalue weighted by Crippen LogP contribution is 2.34. The molecule has 0 N–H and O–H groups in total. The zero-order chi connectivity index (χ0) is 20.8. The van der Waals surface area contributed by atoms with Gasteiger partial charge in [0.15, 0.2) is 0 Å². The van der Waals surface area contributed by atoms with Gasteiger partial charge in [0, 0.05) is 23.7 Å². The second-order valence-corrected chi connectivity index (χ2v) is 7.14. The summed E-state index contributed by atoms with van der Waals surface area (Å²) in [6.45, 7) is 4.30. The first-order chi connectivity index (χ1) is 14.1. The van der Waals surface area contributed by atoms with E-state index in [1.54, 1.807) is 0 Å². The van der Waals surface area contributed by atoms with Crippen LogP contribution in [-0.2, 0) is 20.7 Å². The second-order valence-electron chi connectivity index (χ2n) is 7.14. The van der Waals surface area contributed by atoms with Crippen molar-refractivity contribution in [3.8, 4) is 0 Å². The molecule has 2 atom stereocenters. The fourth-order valence-electron chi connectivity index (χ4n) is 3.89. The van der Waals surface area contributed by atoms with Gasteiger partial charge < -0.3 is 9.30 Å². The Bertz CT molecular complexity index is 960. The summed E-state index contributed by atoms with van der Waals surface area (Å²) >= 11 is 0. The lowest BCUT2D eigenvalue weighted by Gasteiger charge is -2.26. The molecule has 29 heavy (non-hydrogen) atoms. The Morgan fingerprint density at radius 2 is 1.48 bits per heavy atom. The molecule has 3 rings (SSSR count). The van der Waals surface area contributed by atoms with Crippen LogP contribution in [0.25, 0.3) is 0 Å². The number of carbonyl (C=O) groups excluding carboxylic acids is 2. The molecule has 4 heteroatoms. The highest BCUT2D eigenvalue weighted by molar-refractivity contribution is 6.33. The summed E-state index contributed by atoms with van der Waals surface area (Å²) in [7, 11) is 1.24. The van der Waals surface area contributed by atoms with Crippen molar-refractivity contribution in [2.24, 2.45) is 0 Å². The number of ether oxygens (including phenoxy) is 1. The van der Waals surface area contributed by atoms with Crippen molar-refractivity contribution in [1.82, 2.24) is 4.57 Å². The number of rotatable bonds is 8. The Morgan fingerprint density at radius 1 is 0.897 bits per heavy atom. The van der Waals surface area contributed by atoms with E-state index >= 15 is 0 Å². The molecule has 0 aliphatic heterocycles. The Hall–Kier alpha value is -3.14. The summed E-state index contributed by atoms with van der Waals surface area (Å²) in [5, 5.41) is 0. The van der Waals surface area contributed by atoms with Gasteiger partial charge in [0.25, 0.3) is 0 Å². The van der Waals surface area contributed by atoms with Gasteiger partial charge in [-0.05, 0) is 36.6 Å². The third kappa shape index (κ3) is 4.48. The molecular weight excluding hydrogens is 362 g/mol. The quantitative estimate of drug-likeness (QED) is 0.406. The number of esters is 1. The van der Waals surface area contributed by atoms with Crippen molar-refractivity contribution < 1.29 is 14.3 Å². The fourth-order valence-corrected chi connectivity index (χ4v) is 3.89. The van der Waals surface area contributed by atoms with Crippen molar-refractivity contribution in [1.29, 1.82) is 0 Å². The van der Waals surface area contributed by atoms with E-state index in [4.69, 9.17) is 0 Å². The van der Waals surface area contributed by atoms with Gasteiger partial charge in [-0.25, -0.2) is 4.79 Å². The zero-order valence-electron chi connectivity index (χ0n) is 17.2. The normalized spacial score (nSPS) is 12.9. The van der Waals surface area contributed by atoms with Crippen LogP contribution in [0.15, 0.2) is 72.8 Å². The SMILES string of the molecule is CCc1ccc([C@@H](CC(=O)C(=O)OC)c2ccccc2)n1[C@H](C)c1ccccc1. The molecule has 0 spiro atoms. The van der Waals surface area contributed by atoms with Crippen LogP contribution in [-0.4, -0.2) is 23.4 Å². The molecule has 0 amide bonds. The molecule has 1 heterocycles. The molecule has 4 nitrogen and oxygen atoms in total. The van der Waals surface area contributed by atoms with Crippen molar-refractivity contribution in [3.05, 3.63) is 95.3 Å². The smallest absolute Gasteiger partial charge is 0.374 e. The van der Waals surface area contributed by atoms with Gasteiger partial charge in [0.05, 0.1) is 13.2 Å². The highest BCUT2D eigenvalue weighted by atomic mass is 16.5. The summed E-state index contributed by atoms with van der Waals surface area (Å²) in [6.07, 6.45) is 0.953. The Labute approximate surface area is 172 Å². The first-order valence-electron chi connectivity index (χ1n) is 9.97. The van der Waals surface area contributed by atoms with Crippen LogP contribution in [0, 0.1) is 0 Å². The number of ketones is 1. The van der Waals surface area contributed by atoms with E-state index in [0.717, 1.165) is 17.7 Å². The lowest BCUT2D eigenvalue weighted by atomic mass is 9.90. The number of carbonyl (C=O) groups is 2. The summed E-state index contributed by atoms with van der Waals surface area (Å²) in [5.74, 6) is -1.54. The van der Waals surface area contributed by atoms with E-state index in [-0.39, 0.29) is 18.4 Å². The number of aryl methyl sites for hydroxylation is 1. The molecule has 0 saturated heterocycles. The molecule has 0 radical (unpaired) electrons. The molecule has 0 saturated carbocycles. The Kier molecular flexibility index (Phi) is 6.65. The van der Waals surface area contributed by atoms with Gasteiger partial charge in [-0.1, -0.05) is 67.6 Å². The lowest BCUT2D eigenvalue weighted by Crippen LogP contribution is -2.22. The molecule has 0 bridgehead atoms. The minimum atomic E-state index is -0.795. The predicted molar refractivity (Wildman–Crippen MR) is 114 cm³/mol. The maximum atomic E-state index is 12.5. The number of aromatic nitrogens is 1. The summed E-state index contributed by atoms with van der Waals surface area (Å²) in [5.41, 5.74) is 4.43. The van der Waals surface area contributed by atoms with E-state index < -0.39 is 11.8 Å². The van der Waals surface area contributed by atoms with Gasteiger partial charge in [0.2, 0.25) is 5.78 Å². The average molecular weight is 389 g/mol. The molecule has 3 aromatic rings. The number of benzene rings is 2. The summed E-state index contributed by atoms with van der Waals surface area (Å²) in [6, 6.07) is 24.5. The molecule has 0 fully saturated rings. The van der Waals surface area contributed by atoms with E-state index in [2.05, 4.69) is 47.4 Å². The van der Waals surface area contributed by atoms with E-state index in [1.165, 1.54) is 18.4 Å². The lowest BCUT2D eigenvalue weighted by molar-refractivity contribution is -0.151. The molecular formula is C25H27NO3. The van der Waals surface area contributed by atoms with Gasteiger partial charge in [-0.2, -0.15) is 0 Å². The Balaban J connectivity index is 2.09. The molecule has 0 aliphatic carbocycles. The van der Waals surface area contributed by atoms with Gasteiger partial charge >= 0.3 is 5.97 Å². The predicted octanol–water partition coefficient (Wildman–Crippen LogP) is 4.92. The number of Topliss-reactive ketones (excluding diaryl/α,β-unsaturated/α-hetero) is 1. The van der Waals surface area contributed by atoms with Gasteiger partial charge in [0.1, 0.15) is 0 Å². The van der Waals surface area contributed by atoms with Crippen molar-refractivity contribution in [2.45, 2.75) is 38.6 Å². The number of nitrogens with zero attached hydrogens (tertiary/aromatic N) is 1. The monoisotopic (exact) mass is 389 g/mol. The zero-order valence-corrected chi connectivity index (χ0v) is 17.2. The Morgan fingerprint density at radius 3 is 2.03 bits per heavy atom. The van der Waals surface area contributed by atoms with E-state index in [1.807, 2.05) is 48.5 Å². The topological polar surface area (TPSA) is 48.3 Å². The average Bonchev–Trinajstić information content (AvgIpc) is 3.21. The van der Waals surface area contributed by atoms with E-state index in [9.17, 15) is 9.59 Å². The van der Waals surface area contributed by atoms with E-state index in [0.29, 0.717) is 0 Å². The highest BCUT2D eigenvalue weighted by Gasteiger charge is 2.27. The fraction of sp³-hybridized carbons (Fsp3) is 0.280. The largest absolute Gasteiger partial charge is 0.463 e. The number of hydrogen-bond donors (Lipinski definition) is 0. The minimum Gasteiger partial charge on any atom is -0.463 e. The molecule has 1 aromatic heterocycles. The van der Waals surface area contributed by atoms with Crippen LogP contribution in [0.2, 0.25) is 0 Å².